The van der Waals surface area contributed by atoms with E-state index in [4.69, 9.17) is 5.73 Å². The van der Waals surface area contributed by atoms with Gasteiger partial charge in [-0.25, -0.2) is 0 Å². The van der Waals surface area contributed by atoms with Gasteiger partial charge in [0.15, 0.2) is 0 Å². The van der Waals surface area contributed by atoms with Crippen molar-refractivity contribution in [1.82, 2.24) is 0 Å². The van der Waals surface area contributed by atoms with Crippen LogP contribution in [-0.2, 0) is 9.53 Å². The van der Waals surface area contributed by atoms with Gasteiger partial charge in [0.05, 0.1) is 7.11 Å². The number of benzene rings is 1. The van der Waals surface area contributed by atoms with Gasteiger partial charge in [0.25, 0.3) is 0 Å². The highest BCUT2D eigenvalue weighted by Gasteiger charge is 1.75. The van der Waals surface area contributed by atoms with E-state index in [1.807, 2.05) is 44.2 Å². The molecule has 0 aliphatic carbocycles. The van der Waals surface area contributed by atoms with Gasteiger partial charge in [-0.3, -0.25) is 4.79 Å². The van der Waals surface area contributed by atoms with Crippen LogP contribution in [0.1, 0.15) is 20.8 Å². The average Bonchev–Trinajstić information content (AvgIpc) is 2.23. The minimum absolute atomic E-state index is 0.245. The number of anilines is 1. The third-order valence-electron chi connectivity index (χ3n) is 1.09. The average molecular weight is 197 g/mol. The fraction of sp³-hybridized carbons (Fsp3) is 0.364. The Balaban J connectivity index is 0. The summed E-state index contributed by atoms with van der Waals surface area (Å²) in [4.78, 5) is 9.59. The summed E-state index contributed by atoms with van der Waals surface area (Å²) in [5.74, 6) is -0.245. The lowest BCUT2D eigenvalue weighted by atomic mass is 10.3. The Morgan fingerprint density at radius 3 is 1.71 bits per heavy atom. The van der Waals surface area contributed by atoms with Crippen molar-refractivity contribution in [2.45, 2.75) is 20.8 Å². The number of rotatable bonds is 0. The molecule has 14 heavy (non-hydrogen) atoms. The summed E-state index contributed by atoms with van der Waals surface area (Å²) in [5.41, 5.74) is 6.18. The first kappa shape index (κ1) is 15.0. The summed E-state index contributed by atoms with van der Waals surface area (Å²) in [5, 5.41) is 0. The third-order valence-corrected chi connectivity index (χ3v) is 1.09. The van der Waals surface area contributed by atoms with Gasteiger partial charge in [0, 0.05) is 12.6 Å². The predicted molar refractivity (Wildman–Crippen MR) is 59.9 cm³/mol. The maximum atomic E-state index is 9.59. The van der Waals surface area contributed by atoms with Crippen LogP contribution in [0.2, 0.25) is 0 Å². The number of ether oxygens (including phenoxy) is 1. The normalized spacial score (nSPS) is 7.14. The SMILES string of the molecule is CC.COC(C)=O.Nc1ccccc1. The molecule has 0 amide bonds. The lowest BCUT2D eigenvalue weighted by molar-refractivity contribution is -0.137. The first-order valence-corrected chi connectivity index (χ1v) is 4.52. The highest BCUT2D eigenvalue weighted by molar-refractivity contribution is 5.65. The highest BCUT2D eigenvalue weighted by Crippen LogP contribution is 1.95. The monoisotopic (exact) mass is 197 g/mol. The molecule has 0 aliphatic rings. The molecule has 0 aromatic heterocycles. The maximum Gasteiger partial charge on any atom is 0.302 e. The number of methoxy groups -OCH3 is 1. The fourth-order valence-electron chi connectivity index (χ4n) is 0.453. The van der Waals surface area contributed by atoms with Crippen LogP contribution in [0.5, 0.6) is 0 Å². The number of para-hydroxylation sites is 1. The van der Waals surface area contributed by atoms with Crippen molar-refractivity contribution in [3.8, 4) is 0 Å². The van der Waals surface area contributed by atoms with Crippen LogP contribution < -0.4 is 5.73 Å². The molecular formula is C11H19NO2. The minimum Gasteiger partial charge on any atom is -0.469 e. The lowest BCUT2D eigenvalue weighted by Gasteiger charge is -1.83. The smallest absolute Gasteiger partial charge is 0.302 e. The second-order valence-electron chi connectivity index (χ2n) is 2.11. The predicted octanol–water partition coefficient (Wildman–Crippen LogP) is 2.47. The van der Waals surface area contributed by atoms with Crippen molar-refractivity contribution in [3.63, 3.8) is 0 Å². The van der Waals surface area contributed by atoms with E-state index in [2.05, 4.69) is 4.74 Å². The molecular weight excluding hydrogens is 178 g/mol. The summed E-state index contributed by atoms with van der Waals surface area (Å²) in [6.07, 6.45) is 0. The number of nitrogens with two attached hydrogens (primary N) is 1. The number of carbonyl (C=O) groups is 1. The van der Waals surface area contributed by atoms with Crippen molar-refractivity contribution in [3.05, 3.63) is 30.3 Å². The van der Waals surface area contributed by atoms with Crippen LogP contribution in [-0.4, -0.2) is 13.1 Å². The van der Waals surface area contributed by atoms with Crippen LogP contribution in [0.4, 0.5) is 5.69 Å². The van der Waals surface area contributed by atoms with Crippen LogP contribution in [0.3, 0.4) is 0 Å². The Morgan fingerprint density at radius 2 is 1.57 bits per heavy atom. The Morgan fingerprint density at radius 1 is 1.21 bits per heavy atom. The van der Waals surface area contributed by atoms with E-state index in [0.29, 0.717) is 0 Å². The summed E-state index contributed by atoms with van der Waals surface area (Å²) < 4.78 is 4.11. The molecule has 2 N–H and O–H groups in total. The zero-order valence-corrected chi connectivity index (χ0v) is 9.28. The Bertz CT molecular complexity index is 222. The van der Waals surface area contributed by atoms with E-state index in [-0.39, 0.29) is 5.97 Å². The second kappa shape index (κ2) is 11.5. The van der Waals surface area contributed by atoms with Crippen LogP contribution in [0.15, 0.2) is 30.3 Å². The first-order chi connectivity index (χ1) is 6.66. The van der Waals surface area contributed by atoms with Gasteiger partial charge < -0.3 is 10.5 Å². The number of esters is 1. The topological polar surface area (TPSA) is 52.3 Å². The molecule has 0 saturated carbocycles. The molecule has 1 aromatic carbocycles. The summed E-state index contributed by atoms with van der Waals surface area (Å²) >= 11 is 0. The lowest BCUT2D eigenvalue weighted by Crippen LogP contribution is -1.88. The molecule has 3 heteroatoms. The first-order valence-electron chi connectivity index (χ1n) is 4.52. The largest absolute Gasteiger partial charge is 0.469 e. The maximum absolute atomic E-state index is 9.59. The van der Waals surface area contributed by atoms with E-state index >= 15 is 0 Å². The Labute approximate surface area is 85.9 Å². The highest BCUT2D eigenvalue weighted by atomic mass is 16.5. The quantitative estimate of drug-likeness (QED) is 0.513. The standard InChI is InChI=1S/C6H7N.C3H6O2.C2H6/c7-6-4-2-1-3-5-6;1-3(4)5-2;1-2/h1-5H,7H2;1-2H3;1-2H3. The molecule has 0 aliphatic heterocycles. The molecule has 0 bridgehead atoms. The number of hydrogen-bond donors (Lipinski definition) is 1. The second-order valence-corrected chi connectivity index (χ2v) is 2.11. The molecule has 1 aromatic rings. The van der Waals surface area contributed by atoms with Crippen molar-refractivity contribution in [2.75, 3.05) is 12.8 Å². The number of carbonyl (C=O) groups excluding carboxylic acids is 1. The van der Waals surface area contributed by atoms with E-state index in [0.717, 1.165) is 5.69 Å². The molecule has 0 saturated heterocycles. The van der Waals surface area contributed by atoms with Gasteiger partial charge in [0.2, 0.25) is 0 Å². The van der Waals surface area contributed by atoms with Crippen LogP contribution >= 0.6 is 0 Å². The van der Waals surface area contributed by atoms with E-state index in [1.165, 1.54) is 14.0 Å². The van der Waals surface area contributed by atoms with Gasteiger partial charge in [-0.15, -0.1) is 0 Å². The summed E-state index contributed by atoms with van der Waals surface area (Å²) in [6.45, 7) is 5.36. The van der Waals surface area contributed by atoms with Gasteiger partial charge in [0.1, 0.15) is 0 Å². The molecule has 3 nitrogen and oxygen atoms in total. The van der Waals surface area contributed by atoms with Crippen molar-refractivity contribution >= 4 is 11.7 Å². The third kappa shape index (κ3) is 13.1. The molecule has 1 rings (SSSR count). The van der Waals surface area contributed by atoms with Gasteiger partial charge in [-0.05, 0) is 12.1 Å². The summed E-state index contributed by atoms with van der Waals surface area (Å²) in [7, 11) is 1.35. The minimum atomic E-state index is -0.245. The Kier molecular flexibility index (Phi) is 12.3. The number of hydrogen-bond acceptors (Lipinski definition) is 3. The molecule has 0 heterocycles. The van der Waals surface area contributed by atoms with Crippen molar-refractivity contribution in [2.24, 2.45) is 0 Å². The molecule has 0 fully saturated rings. The Hall–Kier alpha value is -1.51. The zero-order valence-electron chi connectivity index (χ0n) is 9.28. The molecule has 80 valence electrons. The number of nitrogen functional groups attached to an aromatic ring is 1. The van der Waals surface area contributed by atoms with E-state index in [1.54, 1.807) is 0 Å². The summed E-state index contributed by atoms with van der Waals surface area (Å²) in [6, 6.07) is 9.49. The van der Waals surface area contributed by atoms with Crippen LogP contribution in [0, 0.1) is 0 Å². The van der Waals surface area contributed by atoms with Crippen molar-refractivity contribution < 1.29 is 9.53 Å². The van der Waals surface area contributed by atoms with Gasteiger partial charge in [-0.2, -0.15) is 0 Å². The zero-order chi connectivity index (χ0) is 11.4. The molecule has 0 unspecified atom stereocenters. The van der Waals surface area contributed by atoms with Crippen molar-refractivity contribution in [1.29, 1.82) is 0 Å². The molecule has 0 atom stereocenters. The van der Waals surface area contributed by atoms with Gasteiger partial charge in [-0.1, -0.05) is 32.0 Å². The molecule has 0 spiro atoms. The van der Waals surface area contributed by atoms with E-state index in [9.17, 15) is 4.79 Å². The van der Waals surface area contributed by atoms with Gasteiger partial charge >= 0.3 is 5.97 Å². The van der Waals surface area contributed by atoms with E-state index < -0.39 is 0 Å². The molecule has 0 radical (unpaired) electrons. The fourth-order valence-corrected chi connectivity index (χ4v) is 0.453. The van der Waals surface area contributed by atoms with Crippen LogP contribution in [0.25, 0.3) is 0 Å².